The van der Waals surface area contributed by atoms with Crippen molar-refractivity contribution in [3.63, 3.8) is 0 Å². The number of carbonyl (C=O) groups is 2. The molecule has 1 heterocycles. The van der Waals surface area contributed by atoms with Crippen molar-refractivity contribution in [2.45, 2.75) is 32.6 Å². The molecule has 41 heavy (non-hydrogen) atoms. The van der Waals surface area contributed by atoms with Crippen molar-refractivity contribution in [3.05, 3.63) is 101 Å². The number of carboxylic acid groups (broad SMARTS) is 1. The van der Waals surface area contributed by atoms with Gasteiger partial charge in [-0.15, -0.1) is 0 Å². The number of furan rings is 1. The van der Waals surface area contributed by atoms with E-state index in [1.165, 1.54) is 0 Å². The van der Waals surface area contributed by atoms with Gasteiger partial charge in [-0.2, -0.15) is 11.8 Å². The van der Waals surface area contributed by atoms with E-state index in [1.807, 2.05) is 86.0 Å². The van der Waals surface area contributed by atoms with Gasteiger partial charge in [0, 0.05) is 11.1 Å². The number of hydrogen-bond donors (Lipinski definition) is 2. The van der Waals surface area contributed by atoms with Crippen LogP contribution in [0.1, 0.15) is 35.1 Å². The van der Waals surface area contributed by atoms with Gasteiger partial charge in [0.1, 0.15) is 29.9 Å². The fraction of sp³-hybridized carbons (Fsp3) is 0.250. The fourth-order valence-electron chi connectivity index (χ4n) is 4.36. The third-order valence-electron chi connectivity index (χ3n) is 6.51. The second-order valence-electron chi connectivity index (χ2n) is 9.33. The molecule has 210 valence electrons. The number of nitrogens with one attached hydrogen (secondary N) is 1. The van der Waals surface area contributed by atoms with E-state index in [2.05, 4.69) is 5.32 Å². The minimum absolute atomic E-state index is 0. The molecule has 0 spiro atoms. The van der Waals surface area contributed by atoms with Crippen LogP contribution in [-0.2, 0) is 22.7 Å². The zero-order valence-corrected chi connectivity index (χ0v) is 24.6. The van der Waals surface area contributed by atoms with Gasteiger partial charge in [0.2, 0.25) is 0 Å². The number of methoxy groups -OCH3 is 1. The molecule has 7 nitrogen and oxygen atoms in total. The van der Waals surface area contributed by atoms with E-state index in [-0.39, 0.29) is 26.9 Å². The number of benzene rings is 3. The van der Waals surface area contributed by atoms with Gasteiger partial charge in [0.05, 0.1) is 13.7 Å². The van der Waals surface area contributed by atoms with Gasteiger partial charge < -0.3 is 25.7 Å². The summed E-state index contributed by atoms with van der Waals surface area (Å²) in [5, 5.41) is 12.3. The van der Waals surface area contributed by atoms with Crippen LogP contribution in [0.2, 0.25) is 0 Å². The average Bonchev–Trinajstić information content (AvgIpc) is 3.44. The summed E-state index contributed by atoms with van der Waals surface area (Å²) in [5.74, 6) is 1.35. The minimum atomic E-state index is -1.04. The molecule has 3 aromatic carbocycles. The van der Waals surface area contributed by atoms with Gasteiger partial charge in [-0.25, -0.2) is 4.79 Å². The van der Waals surface area contributed by atoms with Crippen molar-refractivity contribution in [3.8, 4) is 28.2 Å². The van der Waals surface area contributed by atoms with Gasteiger partial charge >= 0.3 is 24.8 Å². The van der Waals surface area contributed by atoms with Crippen molar-refractivity contribution >= 4 is 23.6 Å². The van der Waals surface area contributed by atoms with E-state index in [1.54, 1.807) is 24.9 Å². The van der Waals surface area contributed by atoms with Crippen LogP contribution in [0.15, 0.2) is 83.3 Å². The molecule has 1 amide bonds. The standard InChI is InChI=1S/C32H33NO6S.Li.H/c1-21-7-4-5-10-26(21)28-17-22(11-13-27(28)31(34)33-29(32(35)36)15-16-40-3)19-38-20-25-12-14-30(39-25)23-8-6-9-24(18-23)37-2;;/h4-14,17-18,29H,15-16,19-20H2,1-3H3,(H,33,34)(H,35,36);;/q;+1;-1/t29-;;/m0../s1. The summed E-state index contributed by atoms with van der Waals surface area (Å²) in [6.07, 6.45) is 2.25. The SMILES string of the molecule is COc1cccc(-c2ccc(COCc3ccc(C(=O)N[C@@H](CCSC)C(=O)O)c(-c4ccccc4C)c3)o2)c1.[H-].[Li+]. The Bertz CT molecular complexity index is 1480. The molecule has 0 fully saturated rings. The van der Waals surface area contributed by atoms with Crippen LogP contribution in [0.3, 0.4) is 0 Å². The van der Waals surface area contributed by atoms with Gasteiger partial charge in [0.15, 0.2) is 0 Å². The zero-order valence-electron chi connectivity index (χ0n) is 24.8. The summed E-state index contributed by atoms with van der Waals surface area (Å²) in [6.45, 7) is 2.57. The normalized spacial score (nSPS) is 11.4. The van der Waals surface area contributed by atoms with Crippen molar-refractivity contribution in [2.24, 2.45) is 0 Å². The average molecular weight is 568 g/mol. The first kappa shape index (κ1) is 32.1. The third-order valence-corrected chi connectivity index (χ3v) is 7.15. The molecule has 1 atom stereocenters. The predicted molar refractivity (Wildman–Crippen MR) is 159 cm³/mol. The number of carboxylic acids is 1. The molecule has 0 saturated heterocycles. The first-order chi connectivity index (χ1) is 19.4. The van der Waals surface area contributed by atoms with Gasteiger partial charge in [-0.05, 0) is 84.0 Å². The summed E-state index contributed by atoms with van der Waals surface area (Å²) in [6, 6.07) is 23.8. The maximum atomic E-state index is 13.3. The number of carbonyl (C=O) groups excluding carboxylic acids is 1. The number of hydrogen-bond acceptors (Lipinski definition) is 6. The van der Waals surface area contributed by atoms with E-state index >= 15 is 0 Å². The third kappa shape index (κ3) is 8.54. The quantitative estimate of drug-likeness (QED) is 0.238. The molecular formula is C32H34LiNO6S. The number of aryl methyl sites for hydroxylation is 1. The Morgan fingerprint density at radius 1 is 1.00 bits per heavy atom. The molecule has 1 aromatic heterocycles. The number of ether oxygens (including phenoxy) is 2. The number of aliphatic carboxylic acids is 1. The Kier molecular flexibility index (Phi) is 12.2. The van der Waals surface area contributed by atoms with Gasteiger partial charge in [-0.3, -0.25) is 4.79 Å². The Labute approximate surface area is 258 Å². The molecule has 0 aliphatic carbocycles. The molecule has 9 heteroatoms. The Morgan fingerprint density at radius 3 is 2.54 bits per heavy atom. The number of thioether (sulfide) groups is 1. The molecule has 2 N–H and O–H groups in total. The van der Waals surface area contributed by atoms with Gasteiger partial charge in [-0.1, -0.05) is 42.5 Å². The van der Waals surface area contributed by atoms with E-state index in [0.717, 1.165) is 39.3 Å². The largest absolute Gasteiger partial charge is 1.00 e. The number of amides is 1. The Balaban J connectivity index is 0.00000308. The molecule has 0 aliphatic rings. The summed E-state index contributed by atoms with van der Waals surface area (Å²) < 4.78 is 17.2. The summed E-state index contributed by atoms with van der Waals surface area (Å²) in [4.78, 5) is 25.0. The number of rotatable bonds is 13. The van der Waals surface area contributed by atoms with Crippen LogP contribution in [0.4, 0.5) is 0 Å². The Morgan fingerprint density at radius 2 is 1.80 bits per heavy atom. The van der Waals surface area contributed by atoms with Crippen molar-refractivity contribution < 1.29 is 48.9 Å². The monoisotopic (exact) mass is 567 g/mol. The maximum absolute atomic E-state index is 13.3. The molecule has 4 aromatic rings. The molecule has 0 aliphatic heterocycles. The van der Waals surface area contributed by atoms with Crippen molar-refractivity contribution in [1.29, 1.82) is 0 Å². The minimum Gasteiger partial charge on any atom is -1.00 e. The molecular weight excluding hydrogens is 533 g/mol. The maximum Gasteiger partial charge on any atom is 1.00 e. The molecule has 0 bridgehead atoms. The van der Waals surface area contributed by atoms with E-state index in [9.17, 15) is 14.7 Å². The second-order valence-corrected chi connectivity index (χ2v) is 10.3. The van der Waals surface area contributed by atoms with Crippen LogP contribution in [0.5, 0.6) is 5.75 Å². The van der Waals surface area contributed by atoms with Crippen molar-refractivity contribution in [1.82, 2.24) is 5.32 Å². The fourth-order valence-corrected chi connectivity index (χ4v) is 4.83. The smallest absolute Gasteiger partial charge is 1.00 e. The molecule has 0 saturated carbocycles. The van der Waals surface area contributed by atoms with Crippen LogP contribution in [0.25, 0.3) is 22.5 Å². The van der Waals surface area contributed by atoms with E-state index in [4.69, 9.17) is 13.9 Å². The van der Waals surface area contributed by atoms with Crippen molar-refractivity contribution in [2.75, 3.05) is 19.1 Å². The van der Waals surface area contributed by atoms with Crippen LogP contribution < -0.4 is 28.9 Å². The van der Waals surface area contributed by atoms with E-state index < -0.39 is 17.9 Å². The predicted octanol–water partition coefficient (Wildman–Crippen LogP) is 3.70. The first-order valence-corrected chi connectivity index (χ1v) is 14.3. The summed E-state index contributed by atoms with van der Waals surface area (Å²) >= 11 is 1.54. The second kappa shape index (κ2) is 15.6. The molecule has 0 unspecified atom stereocenters. The van der Waals surface area contributed by atoms with Crippen LogP contribution in [0, 0.1) is 6.92 Å². The zero-order chi connectivity index (χ0) is 28.5. The summed E-state index contributed by atoms with van der Waals surface area (Å²) in [5.41, 5.74) is 4.85. The topological polar surface area (TPSA) is 98.0 Å². The van der Waals surface area contributed by atoms with E-state index in [0.29, 0.717) is 30.1 Å². The Hall–Kier alpha value is -3.41. The van der Waals surface area contributed by atoms with Crippen LogP contribution in [-0.4, -0.2) is 42.1 Å². The van der Waals surface area contributed by atoms with Gasteiger partial charge in [0.25, 0.3) is 5.91 Å². The summed E-state index contributed by atoms with van der Waals surface area (Å²) in [7, 11) is 1.63. The first-order valence-electron chi connectivity index (χ1n) is 12.9. The van der Waals surface area contributed by atoms with Crippen LogP contribution >= 0.6 is 11.8 Å². The molecule has 0 radical (unpaired) electrons. The molecule has 4 rings (SSSR count).